The minimum atomic E-state index is -0.791. The number of carbonyl (C=O) groups excluding carboxylic acids is 4. The predicted molar refractivity (Wildman–Crippen MR) is 113 cm³/mol. The van der Waals surface area contributed by atoms with E-state index in [0.717, 1.165) is 23.3 Å². The molecule has 0 bridgehead atoms. The first-order chi connectivity index (χ1) is 15.0. The SMILES string of the molecule is CCOC(=O)c1ccc(N2C(=O)CC(N(C(=O)Cc3ccccc3)C3CC3)C2=O)cc1. The second-order valence-corrected chi connectivity index (χ2v) is 7.75. The average molecular weight is 420 g/mol. The van der Waals surface area contributed by atoms with Crippen molar-refractivity contribution in [3.63, 3.8) is 0 Å². The van der Waals surface area contributed by atoms with Crippen molar-refractivity contribution in [3.05, 3.63) is 65.7 Å². The van der Waals surface area contributed by atoms with Gasteiger partial charge in [0.1, 0.15) is 6.04 Å². The first-order valence-corrected chi connectivity index (χ1v) is 10.5. The lowest BCUT2D eigenvalue weighted by Crippen LogP contribution is -2.47. The number of anilines is 1. The van der Waals surface area contributed by atoms with Crippen LogP contribution in [0, 0.1) is 0 Å². The summed E-state index contributed by atoms with van der Waals surface area (Å²) in [5.41, 5.74) is 1.61. The van der Waals surface area contributed by atoms with Crippen molar-refractivity contribution in [2.75, 3.05) is 11.5 Å². The highest BCUT2D eigenvalue weighted by Crippen LogP contribution is 2.34. The molecule has 1 saturated carbocycles. The Kier molecular flexibility index (Phi) is 5.84. The zero-order valence-corrected chi connectivity index (χ0v) is 17.3. The lowest BCUT2D eigenvalue weighted by Gasteiger charge is -2.27. The molecular weight excluding hydrogens is 396 g/mol. The molecule has 2 fully saturated rings. The van der Waals surface area contributed by atoms with Crippen LogP contribution in [-0.4, -0.2) is 47.3 Å². The van der Waals surface area contributed by atoms with Gasteiger partial charge < -0.3 is 9.64 Å². The molecule has 3 amide bonds. The predicted octanol–water partition coefficient (Wildman–Crippen LogP) is 2.73. The third-order valence-corrected chi connectivity index (χ3v) is 5.52. The molecule has 7 heteroatoms. The zero-order valence-electron chi connectivity index (χ0n) is 17.3. The van der Waals surface area contributed by atoms with Crippen LogP contribution in [0.25, 0.3) is 0 Å². The highest BCUT2D eigenvalue weighted by Gasteiger charge is 2.48. The number of imide groups is 1. The van der Waals surface area contributed by atoms with Gasteiger partial charge in [-0.3, -0.25) is 14.4 Å². The fourth-order valence-electron chi connectivity index (χ4n) is 3.91. The molecule has 1 saturated heterocycles. The van der Waals surface area contributed by atoms with Gasteiger partial charge in [0.2, 0.25) is 11.8 Å². The van der Waals surface area contributed by atoms with Gasteiger partial charge in [-0.15, -0.1) is 0 Å². The van der Waals surface area contributed by atoms with Crippen molar-refractivity contribution >= 4 is 29.4 Å². The summed E-state index contributed by atoms with van der Waals surface area (Å²) in [6.07, 6.45) is 1.85. The Labute approximate surface area is 180 Å². The van der Waals surface area contributed by atoms with E-state index in [1.807, 2.05) is 30.3 Å². The van der Waals surface area contributed by atoms with Crippen molar-refractivity contribution in [2.45, 2.75) is 44.7 Å². The van der Waals surface area contributed by atoms with Crippen LogP contribution in [0.5, 0.6) is 0 Å². The van der Waals surface area contributed by atoms with E-state index >= 15 is 0 Å². The van der Waals surface area contributed by atoms with Crippen LogP contribution in [0.1, 0.15) is 42.1 Å². The highest BCUT2D eigenvalue weighted by molar-refractivity contribution is 6.23. The van der Waals surface area contributed by atoms with E-state index < -0.39 is 17.9 Å². The van der Waals surface area contributed by atoms with Gasteiger partial charge >= 0.3 is 5.97 Å². The molecule has 160 valence electrons. The Balaban J connectivity index is 1.52. The summed E-state index contributed by atoms with van der Waals surface area (Å²) in [5.74, 6) is -1.35. The number of ether oxygens (including phenoxy) is 1. The Morgan fingerprint density at radius 3 is 2.32 bits per heavy atom. The summed E-state index contributed by atoms with van der Waals surface area (Å²) in [7, 11) is 0. The summed E-state index contributed by atoms with van der Waals surface area (Å²) < 4.78 is 4.96. The number of esters is 1. The second kappa shape index (κ2) is 8.71. The van der Waals surface area contributed by atoms with Gasteiger partial charge in [0.05, 0.1) is 30.7 Å². The second-order valence-electron chi connectivity index (χ2n) is 7.75. The molecule has 0 radical (unpaired) electrons. The van der Waals surface area contributed by atoms with E-state index in [4.69, 9.17) is 4.74 Å². The third-order valence-electron chi connectivity index (χ3n) is 5.52. The molecule has 0 aromatic heterocycles. The summed E-state index contributed by atoms with van der Waals surface area (Å²) in [4.78, 5) is 53.5. The maximum absolute atomic E-state index is 13.2. The van der Waals surface area contributed by atoms with Crippen molar-refractivity contribution in [1.82, 2.24) is 4.90 Å². The maximum atomic E-state index is 13.2. The lowest BCUT2D eigenvalue weighted by atomic mass is 10.1. The highest BCUT2D eigenvalue weighted by atomic mass is 16.5. The van der Waals surface area contributed by atoms with Crippen LogP contribution < -0.4 is 4.90 Å². The van der Waals surface area contributed by atoms with Gasteiger partial charge in [0.15, 0.2) is 0 Å². The number of hydrogen-bond donors (Lipinski definition) is 0. The summed E-state index contributed by atoms with van der Waals surface area (Å²) >= 11 is 0. The van der Waals surface area contributed by atoms with Gasteiger partial charge in [0, 0.05) is 6.04 Å². The number of nitrogens with zero attached hydrogens (tertiary/aromatic N) is 2. The van der Waals surface area contributed by atoms with Gasteiger partial charge in [0.25, 0.3) is 5.91 Å². The van der Waals surface area contributed by atoms with Crippen molar-refractivity contribution in [2.24, 2.45) is 0 Å². The quantitative estimate of drug-likeness (QED) is 0.508. The van der Waals surface area contributed by atoms with Crippen LogP contribution in [-0.2, 0) is 25.5 Å². The largest absolute Gasteiger partial charge is 0.462 e. The molecule has 2 aromatic carbocycles. The Morgan fingerprint density at radius 2 is 1.71 bits per heavy atom. The Bertz CT molecular complexity index is 998. The maximum Gasteiger partial charge on any atom is 0.338 e. The monoisotopic (exact) mass is 420 g/mol. The van der Waals surface area contributed by atoms with Crippen molar-refractivity contribution in [3.8, 4) is 0 Å². The summed E-state index contributed by atoms with van der Waals surface area (Å²) in [6.45, 7) is 1.98. The van der Waals surface area contributed by atoms with E-state index in [1.165, 1.54) is 12.1 Å². The average Bonchev–Trinajstić information content (AvgIpc) is 3.55. The number of hydrogen-bond acceptors (Lipinski definition) is 5. The molecular formula is C24H24N2O5. The fraction of sp³-hybridized carbons (Fsp3) is 0.333. The van der Waals surface area contributed by atoms with E-state index in [0.29, 0.717) is 11.3 Å². The number of benzene rings is 2. The zero-order chi connectivity index (χ0) is 22.0. The third kappa shape index (κ3) is 4.35. The van der Waals surface area contributed by atoms with E-state index in [-0.39, 0.29) is 37.3 Å². The molecule has 1 aliphatic carbocycles. The molecule has 0 N–H and O–H groups in total. The molecule has 4 rings (SSSR count). The molecule has 2 aliphatic rings. The van der Waals surface area contributed by atoms with E-state index in [9.17, 15) is 19.2 Å². The molecule has 0 spiro atoms. The molecule has 31 heavy (non-hydrogen) atoms. The first-order valence-electron chi connectivity index (χ1n) is 10.5. The number of amides is 3. The molecule has 7 nitrogen and oxygen atoms in total. The lowest BCUT2D eigenvalue weighted by molar-refractivity contribution is -0.138. The Hall–Kier alpha value is -3.48. The first kappa shape index (κ1) is 20.8. The van der Waals surface area contributed by atoms with Crippen LogP contribution in [0.4, 0.5) is 5.69 Å². The standard InChI is InChI=1S/C24H24N2O5/c1-2-31-24(30)17-8-10-19(11-9-17)26-22(28)15-20(23(26)29)25(18-12-13-18)21(27)14-16-6-4-3-5-7-16/h3-11,18,20H,2,12-15H2,1H3. The van der Waals surface area contributed by atoms with Crippen LogP contribution in [0.15, 0.2) is 54.6 Å². The minimum absolute atomic E-state index is 0.00380. The molecule has 1 atom stereocenters. The van der Waals surface area contributed by atoms with Gasteiger partial charge in [-0.05, 0) is 49.6 Å². The molecule has 1 heterocycles. The fourth-order valence-corrected chi connectivity index (χ4v) is 3.91. The molecule has 1 unspecified atom stereocenters. The number of carbonyl (C=O) groups is 4. The van der Waals surface area contributed by atoms with Gasteiger partial charge in [-0.25, -0.2) is 9.69 Å². The number of rotatable bonds is 7. The normalized spacial score (nSPS) is 18.2. The van der Waals surface area contributed by atoms with Crippen LogP contribution >= 0.6 is 0 Å². The van der Waals surface area contributed by atoms with Crippen molar-refractivity contribution < 1.29 is 23.9 Å². The van der Waals surface area contributed by atoms with Crippen LogP contribution in [0.2, 0.25) is 0 Å². The summed E-state index contributed by atoms with van der Waals surface area (Å²) in [6, 6.07) is 14.8. The van der Waals surface area contributed by atoms with E-state index in [1.54, 1.807) is 24.0 Å². The smallest absolute Gasteiger partial charge is 0.338 e. The molecule has 2 aromatic rings. The van der Waals surface area contributed by atoms with Gasteiger partial charge in [-0.2, -0.15) is 0 Å². The van der Waals surface area contributed by atoms with E-state index in [2.05, 4.69) is 0 Å². The summed E-state index contributed by atoms with van der Waals surface area (Å²) in [5, 5.41) is 0. The van der Waals surface area contributed by atoms with Gasteiger partial charge in [-0.1, -0.05) is 30.3 Å². The minimum Gasteiger partial charge on any atom is -0.462 e. The molecule has 1 aliphatic heterocycles. The van der Waals surface area contributed by atoms with Crippen LogP contribution in [0.3, 0.4) is 0 Å². The topological polar surface area (TPSA) is 84.0 Å². The Morgan fingerprint density at radius 1 is 1.03 bits per heavy atom. The van der Waals surface area contributed by atoms with Crippen molar-refractivity contribution in [1.29, 1.82) is 0 Å².